The summed E-state index contributed by atoms with van der Waals surface area (Å²) >= 11 is 6.19. The number of hydrogen-bond acceptors (Lipinski definition) is 5. The van der Waals surface area contributed by atoms with Crippen molar-refractivity contribution in [1.82, 2.24) is 19.4 Å². The van der Waals surface area contributed by atoms with Gasteiger partial charge >= 0.3 is 0 Å². The molecular formula is C22H22ClN5O2. The third-order valence-corrected chi connectivity index (χ3v) is 5.62. The number of anilines is 1. The third-order valence-electron chi connectivity index (χ3n) is 5.38. The van der Waals surface area contributed by atoms with Crippen LogP contribution in [0.25, 0.3) is 11.1 Å². The van der Waals surface area contributed by atoms with Crippen LogP contribution in [0.2, 0.25) is 5.02 Å². The molecule has 1 atom stereocenters. The molecule has 1 aliphatic heterocycles. The van der Waals surface area contributed by atoms with E-state index in [1.54, 1.807) is 31.6 Å². The molecule has 0 bridgehead atoms. The standard InChI is InChI=1S/C22H22ClN5O2/c1-27-13-15(8-9-19(27)29)21(30)28-10-3-2-7-18(28)20-17(12-25-22(24)26-20)14-5-4-6-16(23)11-14/h4-6,8-9,11-13,18H,2-3,7,10H2,1H3,(H2,24,25,26)/t18-/m1/s1. The van der Waals surface area contributed by atoms with E-state index in [0.29, 0.717) is 22.8 Å². The molecule has 154 valence electrons. The van der Waals surface area contributed by atoms with Crippen molar-refractivity contribution >= 4 is 23.5 Å². The smallest absolute Gasteiger partial charge is 0.255 e. The number of likely N-dealkylation sites (tertiary alicyclic amines) is 1. The maximum atomic E-state index is 13.3. The highest BCUT2D eigenvalue weighted by molar-refractivity contribution is 6.30. The molecule has 3 heterocycles. The summed E-state index contributed by atoms with van der Waals surface area (Å²) in [6, 6.07) is 10.2. The number of rotatable bonds is 3. The SMILES string of the molecule is Cn1cc(C(=O)N2CCCC[C@@H]2c2nc(N)ncc2-c2cccc(Cl)c2)ccc1=O. The van der Waals surface area contributed by atoms with Crippen LogP contribution in [0.3, 0.4) is 0 Å². The second kappa shape index (κ2) is 8.28. The van der Waals surface area contributed by atoms with E-state index < -0.39 is 0 Å². The zero-order chi connectivity index (χ0) is 21.3. The summed E-state index contributed by atoms with van der Waals surface area (Å²) in [5.41, 5.74) is 8.62. The first-order valence-electron chi connectivity index (χ1n) is 9.80. The van der Waals surface area contributed by atoms with Crippen molar-refractivity contribution in [1.29, 1.82) is 0 Å². The van der Waals surface area contributed by atoms with E-state index >= 15 is 0 Å². The van der Waals surface area contributed by atoms with Crippen molar-refractivity contribution in [2.24, 2.45) is 7.05 Å². The highest BCUT2D eigenvalue weighted by Crippen LogP contribution is 2.37. The first kappa shape index (κ1) is 20.1. The van der Waals surface area contributed by atoms with Crippen molar-refractivity contribution in [2.45, 2.75) is 25.3 Å². The average Bonchev–Trinajstić information content (AvgIpc) is 2.75. The summed E-state index contributed by atoms with van der Waals surface area (Å²) in [5.74, 6) is 0.0281. The Bertz CT molecular complexity index is 1160. The molecule has 0 unspecified atom stereocenters. The minimum Gasteiger partial charge on any atom is -0.368 e. The molecular weight excluding hydrogens is 402 g/mol. The number of hydrogen-bond donors (Lipinski definition) is 1. The van der Waals surface area contributed by atoms with E-state index in [2.05, 4.69) is 9.97 Å². The fourth-order valence-electron chi connectivity index (χ4n) is 3.89. The zero-order valence-electron chi connectivity index (χ0n) is 16.6. The molecule has 4 rings (SSSR count). The monoisotopic (exact) mass is 423 g/mol. The first-order valence-corrected chi connectivity index (χ1v) is 10.2. The summed E-state index contributed by atoms with van der Waals surface area (Å²) in [5, 5.41) is 0.608. The van der Waals surface area contributed by atoms with Gasteiger partial charge in [-0.25, -0.2) is 9.97 Å². The van der Waals surface area contributed by atoms with Crippen molar-refractivity contribution < 1.29 is 4.79 Å². The van der Waals surface area contributed by atoms with E-state index in [1.807, 2.05) is 23.1 Å². The van der Waals surface area contributed by atoms with Gasteiger partial charge in [-0.1, -0.05) is 23.7 Å². The second-order valence-corrected chi connectivity index (χ2v) is 7.85. The molecule has 0 aliphatic carbocycles. The van der Waals surface area contributed by atoms with Crippen LogP contribution in [0.15, 0.2) is 53.6 Å². The predicted octanol–water partition coefficient (Wildman–Crippen LogP) is 3.45. The third kappa shape index (κ3) is 3.93. The van der Waals surface area contributed by atoms with Crippen molar-refractivity contribution in [3.63, 3.8) is 0 Å². The fourth-order valence-corrected chi connectivity index (χ4v) is 4.08. The van der Waals surface area contributed by atoms with Gasteiger partial charge < -0.3 is 15.2 Å². The largest absolute Gasteiger partial charge is 0.368 e. The Morgan fingerprint density at radius 3 is 2.83 bits per heavy atom. The Balaban J connectivity index is 1.78. The first-order chi connectivity index (χ1) is 14.4. The number of nitrogens with two attached hydrogens (primary N) is 1. The van der Waals surface area contributed by atoms with Gasteiger partial charge in [0.2, 0.25) is 11.5 Å². The van der Waals surface area contributed by atoms with Crippen molar-refractivity contribution in [2.75, 3.05) is 12.3 Å². The predicted molar refractivity (Wildman–Crippen MR) is 116 cm³/mol. The van der Waals surface area contributed by atoms with Gasteiger partial charge in [-0.3, -0.25) is 9.59 Å². The molecule has 1 amide bonds. The number of halogens is 1. The van der Waals surface area contributed by atoms with Gasteiger partial charge in [0.1, 0.15) is 0 Å². The molecule has 2 N–H and O–H groups in total. The summed E-state index contributed by atoms with van der Waals surface area (Å²) < 4.78 is 1.41. The Kier molecular flexibility index (Phi) is 5.55. The normalized spacial score (nSPS) is 16.5. The molecule has 2 aromatic heterocycles. The van der Waals surface area contributed by atoms with Crippen LogP contribution < -0.4 is 11.3 Å². The molecule has 0 spiro atoms. The molecule has 1 saturated heterocycles. The Morgan fingerprint density at radius 2 is 2.07 bits per heavy atom. The lowest BCUT2D eigenvalue weighted by atomic mass is 9.93. The van der Waals surface area contributed by atoms with Gasteiger partial charge in [0.25, 0.3) is 5.91 Å². The quantitative estimate of drug-likeness (QED) is 0.696. The maximum Gasteiger partial charge on any atom is 0.255 e. The van der Waals surface area contributed by atoms with Crippen LogP contribution in [0.4, 0.5) is 5.95 Å². The highest BCUT2D eigenvalue weighted by atomic mass is 35.5. The van der Waals surface area contributed by atoms with Gasteiger partial charge in [0.15, 0.2) is 0 Å². The molecule has 1 aliphatic rings. The van der Waals surface area contributed by atoms with Crippen LogP contribution in [-0.2, 0) is 7.05 Å². The lowest BCUT2D eigenvalue weighted by Crippen LogP contribution is -2.39. The van der Waals surface area contributed by atoms with Gasteiger partial charge in [0, 0.05) is 42.6 Å². The van der Waals surface area contributed by atoms with Crippen LogP contribution >= 0.6 is 11.6 Å². The maximum absolute atomic E-state index is 13.3. The number of carbonyl (C=O) groups is 1. The lowest BCUT2D eigenvalue weighted by Gasteiger charge is -2.36. The number of carbonyl (C=O) groups excluding carboxylic acids is 1. The number of nitrogen functional groups attached to an aromatic ring is 1. The summed E-state index contributed by atoms with van der Waals surface area (Å²) in [4.78, 5) is 35.6. The number of nitrogens with zero attached hydrogens (tertiary/aromatic N) is 4. The molecule has 8 heteroatoms. The van der Waals surface area contributed by atoms with Crippen molar-refractivity contribution in [3.05, 3.63) is 75.4 Å². The number of amides is 1. The topological polar surface area (TPSA) is 94.1 Å². The zero-order valence-corrected chi connectivity index (χ0v) is 17.3. The fraction of sp³-hybridized carbons (Fsp3) is 0.273. The molecule has 1 fully saturated rings. The Morgan fingerprint density at radius 1 is 1.23 bits per heavy atom. The minimum absolute atomic E-state index is 0.135. The van der Waals surface area contributed by atoms with E-state index in [0.717, 1.165) is 30.4 Å². The van der Waals surface area contributed by atoms with Crippen LogP contribution in [0, 0.1) is 0 Å². The summed E-state index contributed by atoms with van der Waals surface area (Å²) in [7, 11) is 1.63. The molecule has 0 saturated carbocycles. The average molecular weight is 424 g/mol. The van der Waals surface area contributed by atoms with Crippen LogP contribution in [-0.4, -0.2) is 31.9 Å². The molecule has 3 aromatic rings. The molecule has 7 nitrogen and oxygen atoms in total. The molecule has 1 aromatic carbocycles. The number of benzene rings is 1. The van der Waals surface area contributed by atoms with E-state index in [1.165, 1.54) is 10.6 Å². The number of aryl methyl sites for hydroxylation is 1. The molecule has 0 radical (unpaired) electrons. The lowest BCUT2D eigenvalue weighted by molar-refractivity contribution is 0.0606. The molecule has 30 heavy (non-hydrogen) atoms. The van der Waals surface area contributed by atoms with Crippen LogP contribution in [0.5, 0.6) is 0 Å². The van der Waals surface area contributed by atoms with Crippen molar-refractivity contribution in [3.8, 4) is 11.1 Å². The van der Waals surface area contributed by atoms with E-state index in [9.17, 15) is 9.59 Å². The van der Waals surface area contributed by atoms with E-state index in [-0.39, 0.29) is 23.5 Å². The Labute approximate surface area is 179 Å². The summed E-state index contributed by atoms with van der Waals surface area (Å²) in [6.45, 7) is 0.602. The van der Waals surface area contributed by atoms with Gasteiger partial charge in [0.05, 0.1) is 17.3 Å². The van der Waals surface area contributed by atoms with Gasteiger partial charge in [-0.15, -0.1) is 0 Å². The highest BCUT2D eigenvalue weighted by Gasteiger charge is 2.32. The van der Waals surface area contributed by atoms with Gasteiger partial charge in [-0.05, 0) is 43.0 Å². The minimum atomic E-state index is -0.247. The van der Waals surface area contributed by atoms with Gasteiger partial charge in [-0.2, -0.15) is 0 Å². The Hall–Kier alpha value is -3.19. The number of piperidine rings is 1. The van der Waals surface area contributed by atoms with Crippen LogP contribution in [0.1, 0.15) is 41.4 Å². The number of pyridine rings is 1. The van der Waals surface area contributed by atoms with E-state index in [4.69, 9.17) is 17.3 Å². The second-order valence-electron chi connectivity index (χ2n) is 7.41. The summed E-state index contributed by atoms with van der Waals surface area (Å²) in [6.07, 6.45) is 5.90. The number of aromatic nitrogens is 3.